The zero-order valence-electron chi connectivity index (χ0n) is 16.6. The van der Waals surface area contributed by atoms with Crippen molar-refractivity contribution in [1.82, 2.24) is 15.1 Å². The number of carbonyl (C=O) groups is 4. The molecule has 154 valence electrons. The third-order valence-corrected chi connectivity index (χ3v) is 6.50. The third kappa shape index (κ3) is 3.47. The van der Waals surface area contributed by atoms with Gasteiger partial charge in [0.1, 0.15) is 6.04 Å². The van der Waals surface area contributed by atoms with Crippen molar-refractivity contribution in [3.8, 4) is 0 Å². The number of imide groups is 2. The monoisotopic (exact) mass is 398 g/mol. The van der Waals surface area contributed by atoms with Gasteiger partial charge in [0.15, 0.2) is 0 Å². The highest BCUT2D eigenvalue weighted by Crippen LogP contribution is 2.33. The molecule has 3 heterocycles. The molecule has 4 rings (SSSR count). The number of benzene rings is 1. The third-order valence-electron chi connectivity index (χ3n) is 6.50. The van der Waals surface area contributed by atoms with Crippen LogP contribution in [0, 0.1) is 5.41 Å². The molecule has 29 heavy (non-hydrogen) atoms. The van der Waals surface area contributed by atoms with Crippen molar-refractivity contribution in [2.24, 2.45) is 11.1 Å². The predicted molar refractivity (Wildman–Crippen MR) is 105 cm³/mol. The molecule has 8 heteroatoms. The van der Waals surface area contributed by atoms with Crippen molar-refractivity contribution in [2.45, 2.75) is 45.2 Å². The van der Waals surface area contributed by atoms with Gasteiger partial charge in [0.25, 0.3) is 11.8 Å². The Morgan fingerprint density at radius 3 is 2.52 bits per heavy atom. The first-order valence-electron chi connectivity index (χ1n) is 10.1. The number of hydrogen-bond donors (Lipinski definition) is 2. The second-order valence-corrected chi connectivity index (χ2v) is 8.58. The quantitative estimate of drug-likeness (QED) is 0.720. The predicted octanol–water partition coefficient (Wildman–Crippen LogP) is 0.649. The topological polar surface area (TPSA) is 113 Å². The van der Waals surface area contributed by atoms with Gasteiger partial charge in [-0.1, -0.05) is 19.1 Å². The van der Waals surface area contributed by atoms with Crippen LogP contribution in [0.15, 0.2) is 18.2 Å². The van der Waals surface area contributed by atoms with Gasteiger partial charge < -0.3 is 5.73 Å². The first-order chi connectivity index (χ1) is 13.8. The van der Waals surface area contributed by atoms with Crippen molar-refractivity contribution < 1.29 is 19.2 Å². The van der Waals surface area contributed by atoms with Crippen LogP contribution in [0.2, 0.25) is 0 Å². The van der Waals surface area contributed by atoms with Gasteiger partial charge in [0.2, 0.25) is 11.8 Å². The molecular weight excluding hydrogens is 372 g/mol. The number of fused-ring (bicyclic) bond motifs is 1. The van der Waals surface area contributed by atoms with E-state index < -0.39 is 23.8 Å². The molecule has 0 aromatic heterocycles. The lowest BCUT2D eigenvalue weighted by molar-refractivity contribution is -0.136. The number of nitrogens with one attached hydrogen (secondary N) is 1. The Hall–Kier alpha value is -2.58. The second-order valence-electron chi connectivity index (χ2n) is 8.58. The zero-order valence-corrected chi connectivity index (χ0v) is 16.6. The standard InChI is InChI=1S/C21H26N4O4/c1-21(12-22)7-9-24(10-8-21)11-13-3-2-4-14-17(13)20(29)25(19(14)28)15-5-6-16(26)23-18(15)27/h2-4,15H,5-12,22H2,1H3,(H,23,26,27). The largest absolute Gasteiger partial charge is 0.330 e. The maximum atomic E-state index is 13.2. The average molecular weight is 398 g/mol. The molecule has 0 bridgehead atoms. The summed E-state index contributed by atoms with van der Waals surface area (Å²) >= 11 is 0. The van der Waals surface area contributed by atoms with Gasteiger partial charge in [-0.25, -0.2) is 0 Å². The highest BCUT2D eigenvalue weighted by Gasteiger charge is 2.45. The molecule has 4 amide bonds. The number of piperidine rings is 2. The van der Waals surface area contributed by atoms with E-state index in [9.17, 15) is 19.2 Å². The molecule has 3 aliphatic heterocycles. The molecule has 1 aromatic carbocycles. The summed E-state index contributed by atoms with van der Waals surface area (Å²) in [7, 11) is 0. The summed E-state index contributed by atoms with van der Waals surface area (Å²) in [4.78, 5) is 53.0. The van der Waals surface area contributed by atoms with Crippen LogP contribution >= 0.6 is 0 Å². The summed E-state index contributed by atoms with van der Waals surface area (Å²) in [6.45, 7) is 5.21. The van der Waals surface area contributed by atoms with Crippen molar-refractivity contribution in [1.29, 1.82) is 0 Å². The highest BCUT2D eigenvalue weighted by atomic mass is 16.2. The van der Waals surface area contributed by atoms with E-state index >= 15 is 0 Å². The average Bonchev–Trinajstić information content (AvgIpc) is 2.96. The van der Waals surface area contributed by atoms with Gasteiger partial charge in [0.05, 0.1) is 11.1 Å². The smallest absolute Gasteiger partial charge is 0.262 e. The molecule has 0 saturated carbocycles. The molecule has 2 fully saturated rings. The fourth-order valence-electron chi connectivity index (χ4n) is 4.41. The first-order valence-corrected chi connectivity index (χ1v) is 10.1. The number of hydrogen-bond acceptors (Lipinski definition) is 6. The van der Waals surface area contributed by atoms with Crippen molar-refractivity contribution >= 4 is 23.6 Å². The summed E-state index contributed by atoms with van der Waals surface area (Å²) in [6.07, 6.45) is 2.27. The molecule has 3 aliphatic rings. The first kappa shape index (κ1) is 19.7. The Bertz CT molecular complexity index is 889. The Morgan fingerprint density at radius 2 is 1.86 bits per heavy atom. The van der Waals surface area contributed by atoms with Crippen LogP contribution in [0.4, 0.5) is 0 Å². The van der Waals surface area contributed by atoms with E-state index in [-0.39, 0.29) is 24.2 Å². The van der Waals surface area contributed by atoms with Gasteiger partial charge >= 0.3 is 0 Å². The van der Waals surface area contributed by atoms with Crippen LogP contribution in [0.5, 0.6) is 0 Å². The van der Waals surface area contributed by atoms with Crippen LogP contribution in [-0.4, -0.2) is 59.1 Å². The SMILES string of the molecule is CC1(CN)CCN(Cc2cccc3c2C(=O)N(C2CCC(=O)NC2=O)C3=O)CC1. The maximum absolute atomic E-state index is 13.2. The fourth-order valence-corrected chi connectivity index (χ4v) is 4.41. The molecule has 0 spiro atoms. The maximum Gasteiger partial charge on any atom is 0.262 e. The highest BCUT2D eigenvalue weighted by molar-refractivity contribution is 6.24. The number of rotatable bonds is 4. The van der Waals surface area contributed by atoms with Crippen molar-refractivity contribution in [2.75, 3.05) is 19.6 Å². The van der Waals surface area contributed by atoms with Crippen molar-refractivity contribution in [3.05, 3.63) is 34.9 Å². The van der Waals surface area contributed by atoms with E-state index in [0.29, 0.717) is 24.2 Å². The number of nitrogens with two attached hydrogens (primary N) is 1. The number of amides is 4. The van der Waals surface area contributed by atoms with Gasteiger partial charge in [0, 0.05) is 13.0 Å². The van der Waals surface area contributed by atoms with E-state index in [2.05, 4.69) is 17.1 Å². The summed E-state index contributed by atoms with van der Waals surface area (Å²) in [6, 6.07) is 4.34. The fraction of sp³-hybridized carbons (Fsp3) is 0.524. The normalized spacial score (nSPS) is 24.6. The molecule has 8 nitrogen and oxygen atoms in total. The Balaban J connectivity index is 1.55. The van der Waals surface area contributed by atoms with E-state index in [4.69, 9.17) is 5.73 Å². The summed E-state index contributed by atoms with van der Waals surface area (Å²) < 4.78 is 0. The number of nitrogens with zero attached hydrogens (tertiary/aromatic N) is 2. The molecule has 0 aliphatic carbocycles. The lowest BCUT2D eigenvalue weighted by Gasteiger charge is -2.38. The van der Waals surface area contributed by atoms with E-state index in [1.807, 2.05) is 6.07 Å². The summed E-state index contributed by atoms with van der Waals surface area (Å²) in [5, 5.41) is 2.23. The van der Waals surface area contributed by atoms with E-state index in [1.165, 1.54) is 0 Å². The van der Waals surface area contributed by atoms with Gasteiger partial charge in [-0.05, 0) is 55.9 Å². The van der Waals surface area contributed by atoms with Crippen LogP contribution in [0.3, 0.4) is 0 Å². The second kappa shape index (κ2) is 7.35. The van der Waals surface area contributed by atoms with Crippen LogP contribution < -0.4 is 11.1 Å². The minimum Gasteiger partial charge on any atom is -0.330 e. The molecule has 1 atom stereocenters. The van der Waals surface area contributed by atoms with Crippen LogP contribution in [0.1, 0.15) is 58.9 Å². The molecule has 3 N–H and O–H groups in total. The van der Waals surface area contributed by atoms with Crippen LogP contribution in [0.25, 0.3) is 0 Å². The lowest BCUT2D eigenvalue weighted by atomic mass is 9.80. The zero-order chi connectivity index (χ0) is 20.8. The van der Waals surface area contributed by atoms with Gasteiger partial charge in [-0.2, -0.15) is 0 Å². The minimum absolute atomic E-state index is 0.115. The molecular formula is C21H26N4O4. The molecule has 1 unspecified atom stereocenters. The van der Waals surface area contributed by atoms with Crippen molar-refractivity contribution in [3.63, 3.8) is 0 Å². The van der Waals surface area contributed by atoms with Gasteiger partial charge in [-0.3, -0.25) is 34.3 Å². The van der Waals surface area contributed by atoms with Gasteiger partial charge in [-0.15, -0.1) is 0 Å². The summed E-state index contributed by atoms with van der Waals surface area (Å²) in [5.41, 5.74) is 7.56. The van der Waals surface area contributed by atoms with E-state index in [0.717, 1.165) is 36.4 Å². The number of carbonyl (C=O) groups excluding carboxylic acids is 4. The number of likely N-dealkylation sites (tertiary alicyclic amines) is 1. The Labute approximate surface area is 169 Å². The molecule has 0 radical (unpaired) electrons. The minimum atomic E-state index is -0.937. The summed E-state index contributed by atoms with van der Waals surface area (Å²) in [5.74, 6) is -1.87. The van der Waals surface area contributed by atoms with Crippen LogP contribution in [-0.2, 0) is 16.1 Å². The Kier molecular flexibility index (Phi) is 5.00. The molecule has 1 aromatic rings. The Morgan fingerprint density at radius 1 is 1.14 bits per heavy atom. The lowest BCUT2D eigenvalue weighted by Crippen LogP contribution is -2.54. The van der Waals surface area contributed by atoms with E-state index in [1.54, 1.807) is 12.1 Å². The molecule has 2 saturated heterocycles.